The van der Waals surface area contributed by atoms with Crippen LogP contribution in [0.4, 0.5) is 0 Å². The highest BCUT2D eigenvalue weighted by Gasteiger charge is 2.53. The van der Waals surface area contributed by atoms with Gasteiger partial charge in [-0.05, 0) is 56.4 Å². The van der Waals surface area contributed by atoms with Crippen molar-refractivity contribution in [3.63, 3.8) is 0 Å². The van der Waals surface area contributed by atoms with Gasteiger partial charge < -0.3 is 14.0 Å². The fourth-order valence-corrected chi connectivity index (χ4v) is 4.20. The molecule has 0 aliphatic carbocycles. The van der Waals surface area contributed by atoms with E-state index in [1.165, 1.54) is 6.92 Å². The summed E-state index contributed by atoms with van der Waals surface area (Å²) in [6.07, 6.45) is -0.154. The minimum atomic E-state index is -0.660. The van der Waals surface area contributed by atoms with Gasteiger partial charge in [0.2, 0.25) is 0 Å². The molecule has 4 nitrogen and oxygen atoms in total. The van der Waals surface area contributed by atoms with Crippen LogP contribution in [0.25, 0.3) is 5.57 Å². The number of ether oxygens (including phenoxy) is 1. The zero-order chi connectivity index (χ0) is 26.5. The van der Waals surface area contributed by atoms with Gasteiger partial charge in [0, 0.05) is 24.5 Å². The molecule has 1 atom stereocenters. The normalized spacial score (nSPS) is 17.3. The summed E-state index contributed by atoms with van der Waals surface area (Å²) in [5.74, 6) is 6.39. The summed E-state index contributed by atoms with van der Waals surface area (Å²) in [6, 6.07) is 29.6. The number of hydrogen-bond donors (Lipinski definition) is 0. The third-order valence-electron chi connectivity index (χ3n) is 6.91. The van der Waals surface area contributed by atoms with Gasteiger partial charge in [-0.25, -0.2) is 0 Å². The Morgan fingerprint density at radius 2 is 1.35 bits per heavy atom. The molecule has 188 valence electrons. The van der Waals surface area contributed by atoms with Crippen molar-refractivity contribution in [2.75, 3.05) is 0 Å². The molecule has 1 saturated heterocycles. The van der Waals surface area contributed by atoms with Gasteiger partial charge in [0.25, 0.3) is 0 Å². The number of esters is 1. The summed E-state index contributed by atoms with van der Waals surface area (Å²) < 4.78 is 18.9. The predicted octanol–water partition coefficient (Wildman–Crippen LogP) is 6.82. The highest BCUT2D eigenvalue weighted by atomic mass is 16.7. The van der Waals surface area contributed by atoms with E-state index < -0.39 is 24.4 Å². The van der Waals surface area contributed by atoms with Gasteiger partial charge in [0.15, 0.2) is 0 Å². The van der Waals surface area contributed by atoms with Crippen LogP contribution in [0.1, 0.15) is 63.8 Å². The van der Waals surface area contributed by atoms with E-state index in [1.807, 2.05) is 119 Å². The fraction of sp³-hybridized carbons (Fsp3) is 0.281. The molecule has 0 N–H and O–H groups in total. The molecule has 1 heterocycles. The van der Waals surface area contributed by atoms with E-state index in [0.29, 0.717) is 6.42 Å². The van der Waals surface area contributed by atoms with Crippen LogP contribution >= 0.6 is 0 Å². The van der Waals surface area contributed by atoms with Crippen LogP contribution in [0.3, 0.4) is 0 Å². The first kappa shape index (κ1) is 26.5. The number of hydrogen-bond acceptors (Lipinski definition) is 4. The first-order valence-corrected chi connectivity index (χ1v) is 12.6. The highest BCUT2D eigenvalue weighted by Crippen LogP contribution is 2.42. The van der Waals surface area contributed by atoms with Crippen LogP contribution in [0, 0.1) is 11.8 Å². The van der Waals surface area contributed by atoms with Gasteiger partial charge in [-0.15, -0.1) is 0 Å². The maximum Gasteiger partial charge on any atom is 0.492 e. The van der Waals surface area contributed by atoms with Crippen LogP contribution < -0.4 is 0 Å². The number of rotatable bonds is 6. The van der Waals surface area contributed by atoms with E-state index in [9.17, 15) is 4.79 Å². The van der Waals surface area contributed by atoms with Crippen LogP contribution in [-0.2, 0) is 18.8 Å². The first-order chi connectivity index (χ1) is 17.7. The quantitative estimate of drug-likeness (QED) is 0.215. The minimum absolute atomic E-state index is 0.348. The molecule has 1 aliphatic heterocycles. The van der Waals surface area contributed by atoms with Crippen molar-refractivity contribution in [3.05, 3.63) is 113 Å². The Bertz CT molecular complexity index is 1290. The summed E-state index contributed by atoms with van der Waals surface area (Å²) in [5.41, 5.74) is 3.31. The van der Waals surface area contributed by atoms with Crippen molar-refractivity contribution in [1.29, 1.82) is 0 Å². The number of carbonyl (C=O) groups excluding carboxylic acids is 1. The van der Waals surface area contributed by atoms with Crippen molar-refractivity contribution in [2.24, 2.45) is 0 Å². The Hall–Kier alpha value is -3.59. The molecule has 1 unspecified atom stereocenters. The average molecular weight is 492 g/mol. The Morgan fingerprint density at radius 1 is 0.838 bits per heavy atom. The molecule has 0 saturated carbocycles. The van der Waals surface area contributed by atoms with Gasteiger partial charge in [0.05, 0.1) is 11.2 Å². The maximum absolute atomic E-state index is 12.2. The van der Waals surface area contributed by atoms with E-state index >= 15 is 0 Å². The van der Waals surface area contributed by atoms with Crippen LogP contribution in [-0.4, -0.2) is 24.3 Å². The minimum Gasteiger partial charge on any atom is -0.457 e. The third kappa shape index (κ3) is 6.41. The van der Waals surface area contributed by atoms with Gasteiger partial charge in [-0.2, -0.15) is 0 Å². The molecule has 5 heteroatoms. The smallest absolute Gasteiger partial charge is 0.457 e. The van der Waals surface area contributed by atoms with Crippen molar-refractivity contribution in [2.45, 2.75) is 58.3 Å². The summed E-state index contributed by atoms with van der Waals surface area (Å²) in [6.45, 7) is 9.56. The van der Waals surface area contributed by atoms with E-state index in [0.717, 1.165) is 27.7 Å². The van der Waals surface area contributed by atoms with E-state index in [2.05, 4.69) is 11.8 Å². The Balaban J connectivity index is 1.90. The van der Waals surface area contributed by atoms with Gasteiger partial charge in [0.1, 0.15) is 6.10 Å². The molecular weight excluding hydrogens is 459 g/mol. The molecule has 0 amide bonds. The highest BCUT2D eigenvalue weighted by molar-refractivity contribution is 6.56. The average Bonchev–Trinajstić information content (AvgIpc) is 3.10. The van der Waals surface area contributed by atoms with Crippen molar-refractivity contribution >= 4 is 18.7 Å². The first-order valence-electron chi connectivity index (χ1n) is 12.6. The molecule has 3 aromatic rings. The Labute approximate surface area is 220 Å². The van der Waals surface area contributed by atoms with Crippen LogP contribution in [0.2, 0.25) is 0 Å². The van der Waals surface area contributed by atoms with Gasteiger partial charge >= 0.3 is 13.1 Å². The van der Waals surface area contributed by atoms with Crippen LogP contribution in [0.5, 0.6) is 0 Å². The lowest BCUT2D eigenvalue weighted by atomic mass is 9.70. The molecule has 1 aliphatic rings. The molecule has 3 aromatic carbocycles. The molecular formula is C32H33BO4. The van der Waals surface area contributed by atoms with Crippen molar-refractivity contribution < 1.29 is 18.8 Å². The predicted molar refractivity (Wildman–Crippen MR) is 148 cm³/mol. The third-order valence-corrected chi connectivity index (χ3v) is 6.91. The fourth-order valence-electron chi connectivity index (χ4n) is 4.20. The number of allylic oxidation sites excluding steroid dienone is 1. The molecule has 1 fully saturated rings. The largest absolute Gasteiger partial charge is 0.492 e. The van der Waals surface area contributed by atoms with E-state index in [1.54, 1.807) is 0 Å². The summed E-state index contributed by atoms with van der Waals surface area (Å²) in [4.78, 5) is 12.2. The van der Waals surface area contributed by atoms with Crippen molar-refractivity contribution in [1.82, 2.24) is 0 Å². The second kappa shape index (κ2) is 11.2. The summed E-state index contributed by atoms with van der Waals surface area (Å²) in [5, 5.41) is 0. The lowest BCUT2D eigenvalue weighted by Crippen LogP contribution is -2.41. The molecule has 4 rings (SSSR count). The number of benzene rings is 3. The maximum atomic E-state index is 12.2. The second-order valence-electron chi connectivity index (χ2n) is 10.2. The summed E-state index contributed by atoms with van der Waals surface area (Å²) in [7, 11) is -0.660. The monoisotopic (exact) mass is 492 g/mol. The van der Waals surface area contributed by atoms with E-state index in [-0.39, 0.29) is 5.97 Å². The summed E-state index contributed by atoms with van der Waals surface area (Å²) >= 11 is 0. The Kier molecular flexibility index (Phi) is 8.02. The standard InChI is InChI=1S/C32H33BO4/c1-24(34)35-30(27-19-13-8-14-20-27)23-29(33-36-31(2,3)32(4,5)37-33)28(26-17-11-7-12-18-26)22-21-25-15-9-6-10-16-25/h6-20,30H,23H2,1-5H3/b29-28-. The second-order valence-corrected chi connectivity index (χ2v) is 10.2. The molecule has 0 aromatic heterocycles. The van der Waals surface area contributed by atoms with Gasteiger partial charge in [-0.1, -0.05) is 90.7 Å². The topological polar surface area (TPSA) is 44.8 Å². The number of carbonyl (C=O) groups is 1. The molecule has 0 spiro atoms. The Morgan fingerprint density at radius 3 is 1.89 bits per heavy atom. The van der Waals surface area contributed by atoms with Crippen LogP contribution in [0.15, 0.2) is 96.5 Å². The van der Waals surface area contributed by atoms with E-state index in [4.69, 9.17) is 14.0 Å². The molecule has 37 heavy (non-hydrogen) atoms. The molecule has 0 radical (unpaired) electrons. The van der Waals surface area contributed by atoms with Gasteiger partial charge in [-0.3, -0.25) is 4.79 Å². The molecule has 0 bridgehead atoms. The zero-order valence-corrected chi connectivity index (χ0v) is 22.2. The SMILES string of the molecule is CC(=O)OC(C/C(B1OC(C)(C)C(C)(C)O1)=C(\C#Cc1ccccc1)c1ccccc1)c1ccccc1. The lowest BCUT2D eigenvalue weighted by Gasteiger charge is -2.32. The van der Waals surface area contributed by atoms with Crippen molar-refractivity contribution in [3.8, 4) is 11.8 Å². The zero-order valence-electron chi connectivity index (χ0n) is 22.2. The lowest BCUT2D eigenvalue weighted by molar-refractivity contribution is -0.146.